The van der Waals surface area contributed by atoms with Crippen molar-refractivity contribution in [3.05, 3.63) is 54.1 Å². The summed E-state index contributed by atoms with van der Waals surface area (Å²) >= 11 is 5.73. The van der Waals surface area contributed by atoms with E-state index in [4.69, 9.17) is 17.0 Å². The van der Waals surface area contributed by atoms with Gasteiger partial charge in [-0.05, 0) is 55.2 Å². The summed E-state index contributed by atoms with van der Waals surface area (Å²) in [6, 6.07) is 10.6. The number of nitrogens with one attached hydrogen (secondary N) is 1. The summed E-state index contributed by atoms with van der Waals surface area (Å²) < 4.78 is 8.23. The molecule has 27 heavy (non-hydrogen) atoms. The van der Waals surface area contributed by atoms with Gasteiger partial charge in [0.25, 0.3) is 0 Å². The highest BCUT2D eigenvalue weighted by atomic mass is 32.1. The lowest BCUT2D eigenvalue weighted by molar-refractivity contribution is 0.0952. The highest BCUT2D eigenvalue weighted by Gasteiger charge is 2.41. The SMILES string of the molecule is CC(C)CN1C(=S)N[C@H](c2ccccn2)[C@H]1c1cccn1C[C@@H]1CCCO1. The van der Waals surface area contributed by atoms with Gasteiger partial charge in [-0.3, -0.25) is 4.98 Å². The zero-order chi connectivity index (χ0) is 18.8. The lowest BCUT2D eigenvalue weighted by Crippen LogP contribution is -2.34. The van der Waals surface area contributed by atoms with Crippen LogP contribution in [-0.4, -0.2) is 38.8 Å². The van der Waals surface area contributed by atoms with Crippen molar-refractivity contribution in [2.75, 3.05) is 13.2 Å². The van der Waals surface area contributed by atoms with Crippen molar-refractivity contribution in [1.29, 1.82) is 0 Å². The zero-order valence-corrected chi connectivity index (χ0v) is 16.9. The van der Waals surface area contributed by atoms with Gasteiger partial charge in [0.15, 0.2) is 5.11 Å². The van der Waals surface area contributed by atoms with E-state index in [-0.39, 0.29) is 12.1 Å². The van der Waals surface area contributed by atoms with E-state index in [0.717, 1.165) is 43.3 Å². The average molecular weight is 385 g/mol. The smallest absolute Gasteiger partial charge is 0.170 e. The van der Waals surface area contributed by atoms with Gasteiger partial charge in [-0.1, -0.05) is 19.9 Å². The molecule has 2 aliphatic rings. The van der Waals surface area contributed by atoms with Crippen LogP contribution >= 0.6 is 12.2 Å². The van der Waals surface area contributed by atoms with Crippen LogP contribution in [0.4, 0.5) is 0 Å². The number of rotatable bonds is 6. The summed E-state index contributed by atoms with van der Waals surface area (Å²) in [4.78, 5) is 6.95. The van der Waals surface area contributed by atoms with Crippen LogP contribution < -0.4 is 5.32 Å². The standard InChI is InChI=1S/C21H28N4OS/c1-15(2)13-25-20(19(23-21(25)27)17-8-3-4-10-22-17)18-9-5-11-24(18)14-16-7-6-12-26-16/h3-5,8-11,15-16,19-20H,6-7,12-14H2,1-2H3,(H,23,27)/t16-,19+,20+/m0/s1. The minimum Gasteiger partial charge on any atom is -0.376 e. The molecule has 4 rings (SSSR count). The average Bonchev–Trinajstić information content (AvgIpc) is 3.38. The first-order valence-corrected chi connectivity index (χ1v) is 10.3. The Balaban J connectivity index is 1.68. The summed E-state index contributed by atoms with van der Waals surface area (Å²) in [6.45, 7) is 7.17. The highest BCUT2D eigenvalue weighted by Crippen LogP contribution is 2.39. The predicted octanol–water partition coefficient (Wildman–Crippen LogP) is 3.69. The molecular weight excluding hydrogens is 356 g/mol. The molecule has 2 fully saturated rings. The van der Waals surface area contributed by atoms with Gasteiger partial charge in [0, 0.05) is 37.8 Å². The minimum atomic E-state index is 0.0515. The van der Waals surface area contributed by atoms with Gasteiger partial charge in [-0.25, -0.2) is 0 Å². The van der Waals surface area contributed by atoms with E-state index in [1.165, 1.54) is 5.69 Å². The Kier molecular flexibility index (Phi) is 5.45. The summed E-state index contributed by atoms with van der Waals surface area (Å²) in [5, 5.41) is 4.35. The highest BCUT2D eigenvalue weighted by molar-refractivity contribution is 7.80. The van der Waals surface area contributed by atoms with Crippen LogP contribution in [0.1, 0.15) is 50.2 Å². The number of thiocarbonyl (C=S) groups is 1. The number of aromatic nitrogens is 2. The van der Waals surface area contributed by atoms with Gasteiger partial charge >= 0.3 is 0 Å². The first-order valence-electron chi connectivity index (χ1n) is 9.88. The number of nitrogens with zero attached hydrogens (tertiary/aromatic N) is 3. The first kappa shape index (κ1) is 18.4. The quantitative estimate of drug-likeness (QED) is 0.770. The number of hydrogen-bond acceptors (Lipinski definition) is 3. The second-order valence-electron chi connectivity index (χ2n) is 7.89. The Morgan fingerprint density at radius 1 is 1.30 bits per heavy atom. The van der Waals surface area contributed by atoms with Crippen molar-refractivity contribution < 1.29 is 4.74 Å². The monoisotopic (exact) mass is 384 g/mol. The number of ether oxygens (including phenoxy) is 1. The van der Waals surface area contributed by atoms with Crippen LogP contribution in [0.2, 0.25) is 0 Å². The van der Waals surface area contributed by atoms with E-state index < -0.39 is 0 Å². The molecule has 144 valence electrons. The van der Waals surface area contributed by atoms with Crippen molar-refractivity contribution in [2.45, 2.75) is 51.4 Å². The predicted molar refractivity (Wildman–Crippen MR) is 110 cm³/mol. The Morgan fingerprint density at radius 3 is 2.89 bits per heavy atom. The molecule has 0 radical (unpaired) electrons. The van der Waals surface area contributed by atoms with E-state index in [2.05, 4.69) is 58.0 Å². The minimum absolute atomic E-state index is 0.0515. The molecule has 0 aliphatic carbocycles. The van der Waals surface area contributed by atoms with Crippen molar-refractivity contribution >= 4 is 17.3 Å². The van der Waals surface area contributed by atoms with Crippen LogP contribution in [0.25, 0.3) is 0 Å². The molecule has 0 unspecified atom stereocenters. The third kappa shape index (κ3) is 3.87. The van der Waals surface area contributed by atoms with Gasteiger partial charge in [0.05, 0.1) is 23.9 Å². The van der Waals surface area contributed by atoms with Crippen LogP contribution in [0.5, 0.6) is 0 Å². The molecule has 0 saturated carbocycles. The van der Waals surface area contributed by atoms with Gasteiger partial charge in [0.1, 0.15) is 0 Å². The molecule has 2 aromatic rings. The second-order valence-corrected chi connectivity index (χ2v) is 8.28. The molecule has 6 heteroatoms. The van der Waals surface area contributed by atoms with Crippen LogP contribution in [-0.2, 0) is 11.3 Å². The van der Waals surface area contributed by atoms with Crippen molar-refractivity contribution in [3.8, 4) is 0 Å². The molecule has 5 nitrogen and oxygen atoms in total. The second kappa shape index (κ2) is 7.98. The third-order valence-electron chi connectivity index (χ3n) is 5.35. The molecule has 0 aromatic carbocycles. The van der Waals surface area contributed by atoms with Crippen LogP contribution in [0.15, 0.2) is 42.7 Å². The summed E-state index contributed by atoms with van der Waals surface area (Å²) in [5.41, 5.74) is 2.30. The maximum absolute atomic E-state index is 5.88. The summed E-state index contributed by atoms with van der Waals surface area (Å²) in [5.74, 6) is 0.524. The lowest BCUT2D eigenvalue weighted by Gasteiger charge is -2.30. The van der Waals surface area contributed by atoms with Gasteiger partial charge in [-0.15, -0.1) is 0 Å². The molecule has 3 atom stereocenters. The summed E-state index contributed by atoms with van der Waals surface area (Å²) in [7, 11) is 0. The van der Waals surface area contributed by atoms with E-state index >= 15 is 0 Å². The van der Waals surface area contributed by atoms with Gasteiger partial charge in [-0.2, -0.15) is 0 Å². The van der Waals surface area contributed by atoms with E-state index in [0.29, 0.717) is 12.0 Å². The van der Waals surface area contributed by atoms with E-state index in [1.807, 2.05) is 18.3 Å². The largest absolute Gasteiger partial charge is 0.376 e. The van der Waals surface area contributed by atoms with Gasteiger partial charge in [0.2, 0.25) is 0 Å². The fourth-order valence-corrected chi connectivity index (χ4v) is 4.50. The zero-order valence-electron chi connectivity index (χ0n) is 16.0. The molecule has 0 bridgehead atoms. The Hall–Kier alpha value is -1.92. The maximum Gasteiger partial charge on any atom is 0.170 e. The van der Waals surface area contributed by atoms with Crippen molar-refractivity contribution in [2.24, 2.45) is 5.92 Å². The van der Waals surface area contributed by atoms with Crippen molar-refractivity contribution in [1.82, 2.24) is 19.8 Å². The maximum atomic E-state index is 5.88. The molecule has 4 heterocycles. The molecule has 2 aromatic heterocycles. The molecule has 2 saturated heterocycles. The fourth-order valence-electron chi connectivity index (χ4n) is 4.19. The molecule has 2 aliphatic heterocycles. The molecular formula is C21H28N4OS. The van der Waals surface area contributed by atoms with Crippen LogP contribution in [0.3, 0.4) is 0 Å². The lowest BCUT2D eigenvalue weighted by atomic mass is 10.0. The molecule has 1 N–H and O–H groups in total. The third-order valence-corrected chi connectivity index (χ3v) is 5.70. The summed E-state index contributed by atoms with van der Waals surface area (Å²) in [6.07, 6.45) is 6.63. The van der Waals surface area contributed by atoms with Crippen LogP contribution in [0, 0.1) is 5.92 Å². The molecule has 0 amide bonds. The number of hydrogen-bond donors (Lipinski definition) is 1. The Morgan fingerprint density at radius 2 is 2.19 bits per heavy atom. The first-order chi connectivity index (χ1) is 13.1. The van der Waals surface area contributed by atoms with E-state index in [1.54, 1.807) is 0 Å². The Labute approximate surface area is 166 Å². The van der Waals surface area contributed by atoms with Gasteiger partial charge < -0.3 is 19.5 Å². The molecule has 0 spiro atoms. The number of pyridine rings is 1. The normalized spacial score (nSPS) is 25.4. The topological polar surface area (TPSA) is 42.3 Å². The fraction of sp³-hybridized carbons (Fsp3) is 0.524. The van der Waals surface area contributed by atoms with Crippen molar-refractivity contribution in [3.63, 3.8) is 0 Å². The van der Waals surface area contributed by atoms with E-state index in [9.17, 15) is 0 Å². The Bertz CT molecular complexity index is 769.